The molecule has 0 aliphatic rings. The van der Waals surface area contributed by atoms with Crippen molar-refractivity contribution in [3.8, 4) is 5.75 Å². The van der Waals surface area contributed by atoms with E-state index in [9.17, 15) is 18.0 Å². The van der Waals surface area contributed by atoms with Crippen LogP contribution >= 0.6 is 11.3 Å². The number of alkyl halides is 3. The molecule has 1 aromatic heterocycles. The van der Waals surface area contributed by atoms with Crippen LogP contribution in [0, 0.1) is 0 Å². The molecule has 0 atom stereocenters. The number of carbonyl (C=O) groups excluding carboxylic acids is 1. The van der Waals surface area contributed by atoms with E-state index in [4.69, 9.17) is 5.73 Å². The molecule has 2 aromatic rings. The molecule has 0 saturated heterocycles. The SMILES string of the molecule is Nc1nc(C(=O)Nc2ccc(OCC(F)(F)F)cc2)cs1. The highest BCUT2D eigenvalue weighted by atomic mass is 32.1. The van der Waals surface area contributed by atoms with Crippen molar-refractivity contribution in [2.24, 2.45) is 0 Å². The van der Waals surface area contributed by atoms with E-state index in [2.05, 4.69) is 15.0 Å². The third kappa shape index (κ3) is 4.63. The molecule has 5 nitrogen and oxygen atoms in total. The molecule has 0 radical (unpaired) electrons. The second kappa shape index (κ2) is 6.00. The summed E-state index contributed by atoms with van der Waals surface area (Å²) in [6.45, 7) is -1.36. The number of carbonyl (C=O) groups is 1. The number of ether oxygens (including phenoxy) is 1. The zero-order valence-corrected chi connectivity index (χ0v) is 11.3. The first kappa shape index (κ1) is 15.1. The van der Waals surface area contributed by atoms with Gasteiger partial charge in [0.15, 0.2) is 11.7 Å². The fraction of sp³-hybridized carbons (Fsp3) is 0.167. The van der Waals surface area contributed by atoms with Gasteiger partial charge in [-0.25, -0.2) is 4.98 Å². The second-order valence-corrected chi connectivity index (χ2v) is 4.84. The molecule has 1 heterocycles. The molecule has 2 rings (SSSR count). The van der Waals surface area contributed by atoms with E-state index < -0.39 is 18.7 Å². The number of nitrogens with zero attached hydrogens (tertiary/aromatic N) is 1. The Labute approximate surface area is 121 Å². The van der Waals surface area contributed by atoms with Crippen LogP contribution in [0.4, 0.5) is 24.0 Å². The van der Waals surface area contributed by atoms with Gasteiger partial charge in [-0.05, 0) is 24.3 Å². The Morgan fingerprint density at radius 1 is 1.33 bits per heavy atom. The molecule has 0 saturated carbocycles. The van der Waals surface area contributed by atoms with E-state index in [-0.39, 0.29) is 16.6 Å². The van der Waals surface area contributed by atoms with E-state index in [1.807, 2.05) is 0 Å². The number of nitrogen functional groups attached to an aromatic ring is 1. The van der Waals surface area contributed by atoms with E-state index in [1.54, 1.807) is 0 Å². The summed E-state index contributed by atoms with van der Waals surface area (Å²) in [6.07, 6.45) is -4.39. The summed E-state index contributed by atoms with van der Waals surface area (Å²) in [5, 5.41) is 4.32. The number of halogens is 3. The first-order valence-electron chi connectivity index (χ1n) is 5.65. The number of thiazole rings is 1. The van der Waals surface area contributed by atoms with Gasteiger partial charge in [-0.2, -0.15) is 13.2 Å². The number of amides is 1. The number of benzene rings is 1. The fourth-order valence-electron chi connectivity index (χ4n) is 1.39. The topological polar surface area (TPSA) is 77.2 Å². The first-order chi connectivity index (χ1) is 9.83. The monoisotopic (exact) mass is 317 g/mol. The van der Waals surface area contributed by atoms with Crippen LogP contribution in [-0.2, 0) is 0 Å². The predicted octanol–water partition coefficient (Wildman–Crippen LogP) is 2.92. The van der Waals surface area contributed by atoms with Crippen molar-refractivity contribution in [1.29, 1.82) is 0 Å². The highest BCUT2D eigenvalue weighted by Crippen LogP contribution is 2.21. The molecule has 0 spiro atoms. The number of hydrogen-bond acceptors (Lipinski definition) is 5. The molecular weight excluding hydrogens is 307 g/mol. The zero-order valence-electron chi connectivity index (χ0n) is 10.5. The van der Waals surface area contributed by atoms with Crippen LogP contribution in [0.15, 0.2) is 29.6 Å². The van der Waals surface area contributed by atoms with Crippen molar-refractivity contribution >= 4 is 28.1 Å². The van der Waals surface area contributed by atoms with E-state index >= 15 is 0 Å². The van der Waals surface area contributed by atoms with Gasteiger partial charge < -0.3 is 15.8 Å². The maximum absolute atomic E-state index is 12.0. The van der Waals surface area contributed by atoms with Crippen LogP contribution in [0.5, 0.6) is 5.75 Å². The van der Waals surface area contributed by atoms with Gasteiger partial charge >= 0.3 is 6.18 Å². The summed E-state index contributed by atoms with van der Waals surface area (Å²) >= 11 is 1.13. The summed E-state index contributed by atoms with van der Waals surface area (Å²) in [5.74, 6) is -0.393. The number of rotatable bonds is 4. The Hall–Kier alpha value is -2.29. The average molecular weight is 317 g/mol. The fourth-order valence-corrected chi connectivity index (χ4v) is 1.93. The minimum Gasteiger partial charge on any atom is -0.484 e. The summed E-state index contributed by atoms with van der Waals surface area (Å²) in [4.78, 5) is 15.6. The molecule has 112 valence electrons. The first-order valence-corrected chi connectivity index (χ1v) is 6.53. The van der Waals surface area contributed by atoms with Gasteiger partial charge in [-0.3, -0.25) is 4.79 Å². The molecule has 0 aliphatic carbocycles. The highest BCUT2D eigenvalue weighted by Gasteiger charge is 2.28. The summed E-state index contributed by atoms with van der Waals surface area (Å²) < 4.78 is 40.5. The number of hydrogen-bond donors (Lipinski definition) is 2. The van der Waals surface area contributed by atoms with Crippen LogP contribution in [0.3, 0.4) is 0 Å². The van der Waals surface area contributed by atoms with Crippen molar-refractivity contribution in [1.82, 2.24) is 4.98 Å². The predicted molar refractivity (Wildman–Crippen MR) is 72.5 cm³/mol. The quantitative estimate of drug-likeness (QED) is 0.909. The lowest BCUT2D eigenvalue weighted by Crippen LogP contribution is -2.19. The molecular formula is C12H10F3N3O2S. The van der Waals surface area contributed by atoms with Gasteiger partial charge in [0.2, 0.25) is 0 Å². The lowest BCUT2D eigenvalue weighted by Gasteiger charge is -2.09. The Balaban J connectivity index is 1.94. The minimum atomic E-state index is -4.39. The number of nitrogens with two attached hydrogens (primary N) is 1. The average Bonchev–Trinajstić information content (AvgIpc) is 2.84. The van der Waals surface area contributed by atoms with E-state index in [0.29, 0.717) is 5.69 Å². The van der Waals surface area contributed by atoms with Crippen molar-refractivity contribution in [2.75, 3.05) is 17.7 Å². The van der Waals surface area contributed by atoms with Crippen LogP contribution in [0.25, 0.3) is 0 Å². The molecule has 21 heavy (non-hydrogen) atoms. The van der Waals surface area contributed by atoms with Gasteiger partial charge in [0, 0.05) is 11.1 Å². The molecule has 0 unspecified atom stereocenters. The summed E-state index contributed by atoms with van der Waals surface area (Å²) in [6, 6.07) is 5.52. The van der Waals surface area contributed by atoms with Gasteiger partial charge in [-0.1, -0.05) is 0 Å². The largest absolute Gasteiger partial charge is 0.484 e. The van der Waals surface area contributed by atoms with E-state index in [0.717, 1.165) is 11.3 Å². The number of anilines is 2. The standard InChI is InChI=1S/C12H10F3N3O2S/c13-12(14,15)6-20-8-3-1-7(2-4-8)17-10(19)9-5-21-11(16)18-9/h1-5H,6H2,(H2,16,18)(H,17,19). The molecule has 3 N–H and O–H groups in total. The van der Waals surface area contributed by atoms with Crippen molar-refractivity contribution in [3.63, 3.8) is 0 Å². The maximum atomic E-state index is 12.0. The summed E-state index contributed by atoms with van der Waals surface area (Å²) in [5.41, 5.74) is 6.00. The van der Waals surface area contributed by atoms with Crippen molar-refractivity contribution < 1.29 is 22.7 Å². The molecule has 1 amide bonds. The van der Waals surface area contributed by atoms with Crippen LogP contribution in [-0.4, -0.2) is 23.7 Å². The van der Waals surface area contributed by atoms with Gasteiger partial charge in [0.05, 0.1) is 0 Å². The highest BCUT2D eigenvalue weighted by molar-refractivity contribution is 7.13. The Morgan fingerprint density at radius 3 is 2.52 bits per heavy atom. The van der Waals surface area contributed by atoms with Crippen LogP contribution in [0.2, 0.25) is 0 Å². The smallest absolute Gasteiger partial charge is 0.422 e. The second-order valence-electron chi connectivity index (χ2n) is 3.95. The Bertz CT molecular complexity index is 625. The third-order valence-electron chi connectivity index (χ3n) is 2.27. The molecule has 1 aromatic carbocycles. The van der Waals surface area contributed by atoms with Crippen LogP contribution < -0.4 is 15.8 Å². The lowest BCUT2D eigenvalue weighted by atomic mass is 10.3. The molecule has 9 heteroatoms. The number of aromatic nitrogens is 1. The minimum absolute atomic E-state index is 0.0585. The summed E-state index contributed by atoms with van der Waals surface area (Å²) in [7, 11) is 0. The van der Waals surface area contributed by atoms with Gasteiger partial charge in [-0.15, -0.1) is 11.3 Å². The third-order valence-corrected chi connectivity index (χ3v) is 2.94. The van der Waals surface area contributed by atoms with Crippen LogP contribution in [0.1, 0.15) is 10.5 Å². The number of nitrogens with one attached hydrogen (secondary N) is 1. The molecule has 0 aliphatic heterocycles. The van der Waals surface area contributed by atoms with Gasteiger partial charge in [0.25, 0.3) is 5.91 Å². The Kier molecular flexibility index (Phi) is 4.32. The maximum Gasteiger partial charge on any atom is 0.422 e. The normalized spacial score (nSPS) is 11.2. The molecule has 0 bridgehead atoms. The molecule has 0 fully saturated rings. The van der Waals surface area contributed by atoms with Gasteiger partial charge in [0.1, 0.15) is 11.4 Å². The van der Waals surface area contributed by atoms with Crippen molar-refractivity contribution in [3.05, 3.63) is 35.3 Å². The Morgan fingerprint density at radius 2 is 2.00 bits per heavy atom. The van der Waals surface area contributed by atoms with E-state index in [1.165, 1.54) is 29.6 Å². The lowest BCUT2D eigenvalue weighted by molar-refractivity contribution is -0.153. The zero-order chi connectivity index (χ0) is 15.5. The van der Waals surface area contributed by atoms with Crippen molar-refractivity contribution in [2.45, 2.75) is 6.18 Å².